The van der Waals surface area contributed by atoms with E-state index in [-0.39, 0.29) is 0 Å². The van der Waals surface area contributed by atoms with Gasteiger partial charge in [-0.1, -0.05) is 0 Å². The summed E-state index contributed by atoms with van der Waals surface area (Å²) in [4.78, 5) is 9.24. The lowest BCUT2D eigenvalue weighted by Gasteiger charge is -2.34. The first-order chi connectivity index (χ1) is 9.92. The van der Waals surface area contributed by atoms with Gasteiger partial charge in [0, 0.05) is 50.8 Å². The number of piperazine rings is 1. The maximum absolute atomic E-state index is 5.29. The van der Waals surface area contributed by atoms with E-state index in [1.165, 1.54) is 0 Å². The highest BCUT2D eigenvalue weighted by molar-refractivity contribution is 7.13. The average Bonchev–Trinajstić information content (AvgIpc) is 3.17. The summed E-state index contributed by atoms with van der Waals surface area (Å²) in [6, 6.07) is 3.93. The summed E-state index contributed by atoms with van der Waals surface area (Å²) in [5.41, 5.74) is 0. The van der Waals surface area contributed by atoms with Gasteiger partial charge in [-0.05, 0) is 12.1 Å². The van der Waals surface area contributed by atoms with Gasteiger partial charge in [0.2, 0.25) is 0 Å². The van der Waals surface area contributed by atoms with Crippen LogP contribution in [0.4, 0.5) is 5.13 Å². The first-order valence-electron chi connectivity index (χ1n) is 7.02. The predicted molar refractivity (Wildman–Crippen MR) is 81.2 cm³/mol. The maximum atomic E-state index is 5.29. The molecule has 20 heavy (non-hydrogen) atoms. The summed E-state index contributed by atoms with van der Waals surface area (Å²) in [6.07, 6.45) is 3.60. The summed E-state index contributed by atoms with van der Waals surface area (Å²) in [5, 5.41) is 6.61. The molecule has 0 bridgehead atoms. The third-order valence-electron chi connectivity index (χ3n) is 3.55. The lowest BCUT2D eigenvalue weighted by Crippen LogP contribution is -2.48. The van der Waals surface area contributed by atoms with Gasteiger partial charge < -0.3 is 14.6 Å². The molecular weight excluding hydrogens is 272 g/mol. The van der Waals surface area contributed by atoms with Crippen molar-refractivity contribution in [1.82, 2.24) is 15.2 Å². The molecule has 2 aromatic rings. The first-order valence-corrected chi connectivity index (χ1v) is 7.90. The molecule has 1 N–H and O–H groups in total. The zero-order valence-electron chi connectivity index (χ0n) is 11.5. The highest BCUT2D eigenvalue weighted by Crippen LogP contribution is 2.18. The van der Waals surface area contributed by atoms with Crippen LogP contribution in [0.25, 0.3) is 0 Å². The fraction of sp³-hybridized carbons (Fsp3) is 0.500. The predicted octanol–water partition coefficient (Wildman–Crippen LogP) is 1.65. The third-order valence-corrected chi connectivity index (χ3v) is 4.38. The van der Waals surface area contributed by atoms with E-state index in [1.807, 2.05) is 23.7 Å². The molecule has 3 rings (SSSR count). The molecule has 6 heteroatoms. The smallest absolute Gasteiger partial charge is 0.185 e. The van der Waals surface area contributed by atoms with Crippen molar-refractivity contribution in [2.45, 2.75) is 6.54 Å². The number of nitrogens with zero attached hydrogens (tertiary/aromatic N) is 3. The van der Waals surface area contributed by atoms with Gasteiger partial charge in [-0.15, -0.1) is 11.3 Å². The second-order valence-corrected chi connectivity index (χ2v) is 5.77. The molecule has 1 saturated heterocycles. The Labute approximate surface area is 123 Å². The Hall–Kier alpha value is -1.37. The van der Waals surface area contributed by atoms with E-state index < -0.39 is 0 Å². The van der Waals surface area contributed by atoms with Gasteiger partial charge >= 0.3 is 0 Å². The number of anilines is 1. The van der Waals surface area contributed by atoms with Crippen molar-refractivity contribution in [3.63, 3.8) is 0 Å². The van der Waals surface area contributed by atoms with Crippen molar-refractivity contribution in [3.05, 3.63) is 35.7 Å². The lowest BCUT2D eigenvalue weighted by molar-refractivity contribution is 0.256. The van der Waals surface area contributed by atoms with E-state index in [0.29, 0.717) is 0 Å². The van der Waals surface area contributed by atoms with Crippen molar-refractivity contribution in [2.75, 3.05) is 44.2 Å². The van der Waals surface area contributed by atoms with Crippen LogP contribution < -0.4 is 10.2 Å². The van der Waals surface area contributed by atoms with E-state index in [9.17, 15) is 0 Å². The molecule has 5 nitrogen and oxygen atoms in total. The minimum atomic E-state index is 0.812. The SMILES string of the molecule is c1coc(CNCCN2CCN(c3nccs3)CC2)c1. The van der Waals surface area contributed by atoms with Crippen molar-refractivity contribution < 1.29 is 4.42 Å². The van der Waals surface area contributed by atoms with Crippen LogP contribution >= 0.6 is 11.3 Å². The second-order valence-electron chi connectivity index (χ2n) is 4.90. The molecule has 0 aromatic carbocycles. The number of aromatic nitrogens is 1. The fourth-order valence-corrected chi connectivity index (χ4v) is 3.09. The molecule has 1 aliphatic rings. The van der Waals surface area contributed by atoms with Crippen molar-refractivity contribution in [3.8, 4) is 0 Å². The van der Waals surface area contributed by atoms with Crippen molar-refractivity contribution in [2.24, 2.45) is 0 Å². The van der Waals surface area contributed by atoms with E-state index in [4.69, 9.17) is 4.42 Å². The molecule has 1 aliphatic heterocycles. The molecule has 0 radical (unpaired) electrons. The Balaban J connectivity index is 1.32. The summed E-state index contributed by atoms with van der Waals surface area (Å²) in [6.45, 7) is 7.28. The van der Waals surface area contributed by atoms with Crippen LogP contribution in [0.1, 0.15) is 5.76 Å². The minimum Gasteiger partial charge on any atom is -0.468 e. The quantitative estimate of drug-likeness (QED) is 0.820. The Morgan fingerprint density at radius 1 is 1.30 bits per heavy atom. The molecule has 108 valence electrons. The van der Waals surface area contributed by atoms with Gasteiger partial charge in [-0.3, -0.25) is 4.90 Å². The van der Waals surface area contributed by atoms with Crippen LogP contribution in [0, 0.1) is 0 Å². The highest BCUT2D eigenvalue weighted by atomic mass is 32.1. The molecule has 0 amide bonds. The minimum absolute atomic E-state index is 0.812. The molecule has 2 aromatic heterocycles. The van der Waals surface area contributed by atoms with E-state index >= 15 is 0 Å². The number of furan rings is 1. The molecule has 0 aliphatic carbocycles. The summed E-state index contributed by atoms with van der Waals surface area (Å²) >= 11 is 1.72. The number of hydrogen-bond donors (Lipinski definition) is 1. The molecule has 0 spiro atoms. The first kappa shape index (κ1) is 13.6. The van der Waals surface area contributed by atoms with E-state index in [2.05, 4.69) is 20.1 Å². The van der Waals surface area contributed by atoms with Crippen LogP contribution in [0.5, 0.6) is 0 Å². The number of hydrogen-bond acceptors (Lipinski definition) is 6. The van der Waals surface area contributed by atoms with Gasteiger partial charge in [-0.25, -0.2) is 4.98 Å². The van der Waals surface area contributed by atoms with Crippen LogP contribution in [0.2, 0.25) is 0 Å². The van der Waals surface area contributed by atoms with Gasteiger partial charge in [0.1, 0.15) is 5.76 Å². The van der Waals surface area contributed by atoms with E-state index in [0.717, 1.165) is 56.7 Å². The molecule has 0 saturated carbocycles. The Kier molecular flexibility index (Phi) is 4.68. The number of nitrogens with one attached hydrogen (secondary N) is 1. The molecule has 1 fully saturated rings. The van der Waals surface area contributed by atoms with Gasteiger partial charge in [-0.2, -0.15) is 0 Å². The second kappa shape index (κ2) is 6.88. The highest BCUT2D eigenvalue weighted by Gasteiger charge is 2.17. The average molecular weight is 292 g/mol. The fourth-order valence-electron chi connectivity index (χ4n) is 2.40. The maximum Gasteiger partial charge on any atom is 0.185 e. The van der Waals surface area contributed by atoms with Crippen LogP contribution in [0.3, 0.4) is 0 Å². The van der Waals surface area contributed by atoms with Gasteiger partial charge in [0.05, 0.1) is 12.8 Å². The zero-order valence-corrected chi connectivity index (χ0v) is 12.3. The van der Waals surface area contributed by atoms with Crippen LogP contribution in [-0.4, -0.2) is 49.2 Å². The van der Waals surface area contributed by atoms with Crippen molar-refractivity contribution >= 4 is 16.5 Å². The standard InChI is InChI=1S/C14H20N4OS/c1-2-13(19-10-1)12-15-3-5-17-6-8-18(9-7-17)14-16-4-11-20-14/h1-2,4,10-11,15H,3,5-9,12H2. The molecule has 0 unspecified atom stereocenters. The third kappa shape index (κ3) is 3.59. The van der Waals surface area contributed by atoms with Crippen LogP contribution in [-0.2, 0) is 6.54 Å². The zero-order chi connectivity index (χ0) is 13.6. The normalized spacial score (nSPS) is 16.7. The van der Waals surface area contributed by atoms with Crippen molar-refractivity contribution in [1.29, 1.82) is 0 Å². The summed E-state index contributed by atoms with van der Waals surface area (Å²) in [7, 11) is 0. The summed E-state index contributed by atoms with van der Waals surface area (Å²) in [5.74, 6) is 0.999. The van der Waals surface area contributed by atoms with Gasteiger partial charge in [0.25, 0.3) is 0 Å². The number of thiazole rings is 1. The monoisotopic (exact) mass is 292 g/mol. The number of rotatable bonds is 6. The lowest BCUT2D eigenvalue weighted by atomic mass is 10.3. The Bertz CT molecular complexity index is 477. The Morgan fingerprint density at radius 3 is 2.90 bits per heavy atom. The van der Waals surface area contributed by atoms with Gasteiger partial charge in [0.15, 0.2) is 5.13 Å². The molecular formula is C14H20N4OS. The van der Waals surface area contributed by atoms with Crippen LogP contribution in [0.15, 0.2) is 34.4 Å². The molecule has 3 heterocycles. The van der Waals surface area contributed by atoms with E-state index in [1.54, 1.807) is 17.6 Å². The largest absolute Gasteiger partial charge is 0.468 e. The topological polar surface area (TPSA) is 44.5 Å². The molecule has 0 atom stereocenters. The summed E-state index contributed by atoms with van der Waals surface area (Å²) < 4.78 is 5.29. The Morgan fingerprint density at radius 2 is 2.20 bits per heavy atom.